The second kappa shape index (κ2) is 4.39. The van der Waals surface area contributed by atoms with Crippen LogP contribution in [0.15, 0.2) is 0 Å². The fourth-order valence-corrected chi connectivity index (χ4v) is 1.59. The molecule has 2 nitrogen and oxygen atoms in total. The molecule has 1 atom stereocenters. The van der Waals surface area contributed by atoms with Gasteiger partial charge in [-0.05, 0) is 6.92 Å². The quantitative estimate of drug-likeness (QED) is 0.538. The Morgan fingerprint density at radius 1 is 1.64 bits per heavy atom. The van der Waals surface area contributed by atoms with Gasteiger partial charge in [-0.25, -0.2) is 0 Å². The van der Waals surface area contributed by atoms with Gasteiger partial charge in [-0.3, -0.25) is 4.79 Å². The maximum atomic E-state index is 10.9. The highest BCUT2D eigenvalue weighted by atomic mass is 35.5. The lowest BCUT2D eigenvalue weighted by atomic mass is 10.1. The van der Waals surface area contributed by atoms with E-state index in [2.05, 4.69) is 4.74 Å². The first-order valence-corrected chi connectivity index (χ1v) is 4.20. The van der Waals surface area contributed by atoms with E-state index < -0.39 is 15.7 Å². The highest BCUT2D eigenvalue weighted by Crippen LogP contribution is 2.26. The van der Waals surface area contributed by atoms with E-state index in [0.29, 0.717) is 0 Å². The SMILES string of the molecule is COC(=O)C(C)(Cl)CC(Cl)Cl. The summed E-state index contributed by atoms with van der Waals surface area (Å²) in [7, 11) is 1.26. The van der Waals surface area contributed by atoms with Gasteiger partial charge in [-0.1, -0.05) is 0 Å². The molecule has 1 unspecified atom stereocenters. The Morgan fingerprint density at radius 3 is 2.36 bits per heavy atom. The molecule has 0 spiro atoms. The average molecular weight is 219 g/mol. The van der Waals surface area contributed by atoms with Crippen molar-refractivity contribution in [1.29, 1.82) is 0 Å². The molecule has 0 N–H and O–H groups in total. The number of halogens is 3. The van der Waals surface area contributed by atoms with Crippen LogP contribution in [0.1, 0.15) is 13.3 Å². The third-order valence-corrected chi connectivity index (χ3v) is 1.77. The molecular weight excluding hydrogens is 210 g/mol. The van der Waals surface area contributed by atoms with Crippen molar-refractivity contribution in [2.24, 2.45) is 0 Å². The van der Waals surface area contributed by atoms with E-state index in [4.69, 9.17) is 34.8 Å². The first-order chi connectivity index (χ1) is 4.90. The van der Waals surface area contributed by atoms with Crippen LogP contribution < -0.4 is 0 Å². The zero-order chi connectivity index (χ0) is 9.07. The summed E-state index contributed by atoms with van der Waals surface area (Å²) < 4.78 is 4.43. The number of hydrogen-bond acceptors (Lipinski definition) is 2. The number of rotatable bonds is 3. The van der Waals surface area contributed by atoms with Crippen molar-refractivity contribution >= 4 is 40.8 Å². The Labute approximate surface area is 80.7 Å². The van der Waals surface area contributed by atoms with Gasteiger partial charge in [0.15, 0.2) is 0 Å². The van der Waals surface area contributed by atoms with Crippen LogP contribution >= 0.6 is 34.8 Å². The number of esters is 1. The summed E-state index contributed by atoms with van der Waals surface area (Å²) in [5, 5.41) is 0. The monoisotopic (exact) mass is 218 g/mol. The van der Waals surface area contributed by atoms with Crippen LogP contribution in [-0.4, -0.2) is 22.8 Å². The van der Waals surface area contributed by atoms with Crippen molar-refractivity contribution in [2.75, 3.05) is 7.11 Å². The molecule has 0 fully saturated rings. The summed E-state index contributed by atoms with van der Waals surface area (Å²) >= 11 is 16.6. The Balaban J connectivity index is 4.09. The van der Waals surface area contributed by atoms with Gasteiger partial charge in [0.2, 0.25) is 0 Å². The first kappa shape index (κ1) is 11.3. The van der Waals surface area contributed by atoms with E-state index in [9.17, 15) is 4.79 Å². The minimum Gasteiger partial charge on any atom is -0.468 e. The number of alkyl halides is 3. The van der Waals surface area contributed by atoms with Gasteiger partial charge < -0.3 is 4.74 Å². The predicted molar refractivity (Wildman–Crippen MR) is 46.4 cm³/mol. The average Bonchev–Trinajstić information content (AvgIpc) is 1.83. The largest absolute Gasteiger partial charge is 0.468 e. The lowest BCUT2D eigenvalue weighted by Crippen LogP contribution is -2.31. The van der Waals surface area contributed by atoms with Crippen LogP contribution in [-0.2, 0) is 9.53 Å². The molecule has 0 aromatic carbocycles. The normalized spacial score (nSPS) is 16.2. The van der Waals surface area contributed by atoms with Crippen molar-refractivity contribution in [3.05, 3.63) is 0 Å². The maximum absolute atomic E-state index is 10.9. The van der Waals surface area contributed by atoms with E-state index in [1.54, 1.807) is 0 Å². The van der Waals surface area contributed by atoms with Crippen molar-refractivity contribution in [2.45, 2.75) is 23.1 Å². The lowest BCUT2D eigenvalue weighted by molar-refractivity contribution is -0.143. The maximum Gasteiger partial charge on any atom is 0.326 e. The van der Waals surface area contributed by atoms with Crippen molar-refractivity contribution in [3.63, 3.8) is 0 Å². The molecule has 0 aromatic rings. The summed E-state index contributed by atoms with van der Waals surface area (Å²) in [5.74, 6) is -0.523. The first-order valence-electron chi connectivity index (χ1n) is 2.95. The van der Waals surface area contributed by atoms with Gasteiger partial charge in [-0.15, -0.1) is 34.8 Å². The molecule has 11 heavy (non-hydrogen) atoms. The van der Waals surface area contributed by atoms with Crippen LogP contribution in [0.3, 0.4) is 0 Å². The molecule has 0 amide bonds. The number of ether oxygens (including phenoxy) is 1. The van der Waals surface area contributed by atoms with E-state index in [1.165, 1.54) is 14.0 Å². The summed E-state index contributed by atoms with van der Waals surface area (Å²) in [6.45, 7) is 1.51. The molecule has 0 aliphatic heterocycles. The molecule has 0 aromatic heterocycles. The predicted octanol–water partition coefficient (Wildman–Crippen LogP) is 2.35. The van der Waals surface area contributed by atoms with E-state index >= 15 is 0 Å². The fourth-order valence-electron chi connectivity index (χ4n) is 0.586. The Hall–Kier alpha value is 0.340. The van der Waals surface area contributed by atoms with Gasteiger partial charge in [0.05, 0.1) is 7.11 Å². The lowest BCUT2D eigenvalue weighted by Gasteiger charge is -2.18. The molecule has 0 radical (unpaired) electrons. The second-order valence-corrected chi connectivity index (χ2v) is 4.40. The molecule has 0 saturated heterocycles. The van der Waals surface area contributed by atoms with Crippen LogP contribution in [0.25, 0.3) is 0 Å². The summed E-state index contributed by atoms with van der Waals surface area (Å²) in [6.07, 6.45) is 0.171. The molecule has 0 bridgehead atoms. The molecule has 0 aliphatic rings. The molecule has 66 valence electrons. The van der Waals surface area contributed by atoms with Gasteiger partial charge >= 0.3 is 5.97 Å². The van der Waals surface area contributed by atoms with Crippen molar-refractivity contribution < 1.29 is 9.53 Å². The molecule has 5 heteroatoms. The smallest absolute Gasteiger partial charge is 0.326 e. The molecule has 0 heterocycles. The molecule has 0 saturated carbocycles. The topological polar surface area (TPSA) is 26.3 Å². The van der Waals surface area contributed by atoms with Crippen LogP contribution in [0, 0.1) is 0 Å². The van der Waals surface area contributed by atoms with Crippen LogP contribution in [0.5, 0.6) is 0 Å². The van der Waals surface area contributed by atoms with Crippen molar-refractivity contribution in [1.82, 2.24) is 0 Å². The fraction of sp³-hybridized carbons (Fsp3) is 0.833. The van der Waals surface area contributed by atoms with Crippen LogP contribution in [0.4, 0.5) is 0 Å². The third-order valence-electron chi connectivity index (χ3n) is 1.15. The van der Waals surface area contributed by atoms with Gasteiger partial charge in [0, 0.05) is 6.42 Å². The Morgan fingerprint density at radius 2 is 2.09 bits per heavy atom. The van der Waals surface area contributed by atoms with Gasteiger partial charge in [-0.2, -0.15) is 0 Å². The van der Waals surface area contributed by atoms with E-state index in [0.717, 1.165) is 0 Å². The summed E-state index contributed by atoms with van der Waals surface area (Å²) in [5.41, 5.74) is 0. The van der Waals surface area contributed by atoms with Crippen LogP contribution in [0.2, 0.25) is 0 Å². The minimum atomic E-state index is -1.12. The Kier molecular flexibility index (Phi) is 4.52. The Bertz CT molecular complexity index is 145. The summed E-state index contributed by atoms with van der Waals surface area (Å²) in [6, 6.07) is 0. The summed E-state index contributed by atoms with van der Waals surface area (Å²) in [4.78, 5) is 9.12. The number of carbonyl (C=O) groups is 1. The number of carbonyl (C=O) groups excluding carboxylic acids is 1. The highest BCUT2D eigenvalue weighted by molar-refractivity contribution is 6.45. The van der Waals surface area contributed by atoms with E-state index in [1.807, 2.05) is 0 Å². The van der Waals surface area contributed by atoms with Crippen molar-refractivity contribution in [3.8, 4) is 0 Å². The minimum absolute atomic E-state index is 0.171. The number of methoxy groups -OCH3 is 1. The number of hydrogen-bond donors (Lipinski definition) is 0. The molecule has 0 aliphatic carbocycles. The van der Waals surface area contributed by atoms with E-state index in [-0.39, 0.29) is 6.42 Å². The standard InChI is InChI=1S/C6H9Cl3O2/c1-6(9,3-4(7)8)5(10)11-2/h4H,3H2,1-2H3. The van der Waals surface area contributed by atoms with Gasteiger partial charge in [0.1, 0.15) is 9.71 Å². The zero-order valence-corrected chi connectivity index (χ0v) is 8.50. The highest BCUT2D eigenvalue weighted by Gasteiger charge is 2.33. The molecular formula is C6H9Cl3O2. The van der Waals surface area contributed by atoms with Gasteiger partial charge in [0.25, 0.3) is 0 Å². The zero-order valence-electron chi connectivity index (χ0n) is 6.23. The third kappa shape index (κ3) is 4.04. The molecule has 0 rings (SSSR count). The second-order valence-electron chi connectivity index (χ2n) is 2.28.